The van der Waals surface area contributed by atoms with Gasteiger partial charge in [0.15, 0.2) is 0 Å². The standard InChI is InChI=1S/C28H18Cl2N2/c29-26-12-9-19(13-27(26)30)17-32-18-24(25-7-3-4-8-28(25)32)15-23(16-31)22-11-10-20-5-1-2-6-21(20)14-22/h1-15,18H,17H2/b23-15-. The molecule has 5 aromatic rings. The number of hydrogen-bond donors (Lipinski definition) is 0. The summed E-state index contributed by atoms with van der Waals surface area (Å²) in [7, 11) is 0. The van der Waals surface area contributed by atoms with Crippen LogP contribution in [0.5, 0.6) is 0 Å². The minimum atomic E-state index is 0.545. The average Bonchev–Trinajstić information content (AvgIpc) is 3.16. The van der Waals surface area contributed by atoms with E-state index in [0.29, 0.717) is 22.2 Å². The summed E-state index contributed by atoms with van der Waals surface area (Å²) in [6.07, 6.45) is 4.06. The van der Waals surface area contributed by atoms with Gasteiger partial charge in [0.25, 0.3) is 0 Å². The summed E-state index contributed by atoms with van der Waals surface area (Å²) in [4.78, 5) is 0. The van der Waals surface area contributed by atoms with Crippen LogP contribution in [0.1, 0.15) is 16.7 Å². The highest BCUT2D eigenvalue weighted by atomic mass is 35.5. The summed E-state index contributed by atoms with van der Waals surface area (Å²) in [5.41, 5.74) is 4.71. The van der Waals surface area contributed by atoms with Crippen LogP contribution >= 0.6 is 23.2 Å². The Morgan fingerprint density at radius 3 is 2.44 bits per heavy atom. The van der Waals surface area contributed by atoms with E-state index in [1.54, 1.807) is 0 Å². The second-order valence-electron chi connectivity index (χ2n) is 7.71. The van der Waals surface area contributed by atoms with Crippen molar-refractivity contribution in [2.24, 2.45) is 0 Å². The molecule has 4 aromatic carbocycles. The van der Waals surface area contributed by atoms with E-state index in [2.05, 4.69) is 53.2 Å². The van der Waals surface area contributed by atoms with E-state index in [1.165, 1.54) is 0 Å². The normalized spacial score (nSPS) is 11.7. The highest BCUT2D eigenvalue weighted by Crippen LogP contribution is 2.29. The molecule has 0 unspecified atom stereocenters. The summed E-state index contributed by atoms with van der Waals surface area (Å²) in [6.45, 7) is 0.656. The third kappa shape index (κ3) is 3.89. The molecule has 0 atom stereocenters. The van der Waals surface area contributed by atoms with Crippen molar-refractivity contribution in [3.63, 3.8) is 0 Å². The van der Waals surface area contributed by atoms with Gasteiger partial charge in [0.05, 0.1) is 21.7 Å². The van der Waals surface area contributed by atoms with E-state index >= 15 is 0 Å². The zero-order chi connectivity index (χ0) is 22.1. The van der Waals surface area contributed by atoms with Crippen molar-refractivity contribution in [1.29, 1.82) is 5.26 Å². The van der Waals surface area contributed by atoms with Gasteiger partial charge in [-0.05, 0) is 52.2 Å². The number of aromatic nitrogens is 1. The maximum absolute atomic E-state index is 9.93. The fourth-order valence-electron chi connectivity index (χ4n) is 4.05. The molecule has 154 valence electrons. The number of hydrogen-bond acceptors (Lipinski definition) is 1. The summed E-state index contributed by atoms with van der Waals surface area (Å²) in [6, 6.07) is 30.6. The largest absolute Gasteiger partial charge is 0.342 e. The van der Waals surface area contributed by atoms with Crippen LogP contribution in [0, 0.1) is 11.3 Å². The van der Waals surface area contributed by atoms with Crippen molar-refractivity contribution < 1.29 is 0 Å². The molecule has 0 aliphatic heterocycles. The van der Waals surface area contributed by atoms with Gasteiger partial charge in [-0.3, -0.25) is 0 Å². The lowest BCUT2D eigenvalue weighted by molar-refractivity contribution is 0.836. The van der Waals surface area contributed by atoms with Crippen molar-refractivity contribution in [1.82, 2.24) is 4.57 Å². The minimum absolute atomic E-state index is 0.545. The van der Waals surface area contributed by atoms with E-state index in [0.717, 1.165) is 38.4 Å². The number of fused-ring (bicyclic) bond motifs is 2. The van der Waals surface area contributed by atoms with Crippen LogP contribution in [0.4, 0.5) is 0 Å². The number of nitrogens with zero attached hydrogens (tertiary/aromatic N) is 2. The molecule has 1 heterocycles. The molecule has 0 amide bonds. The zero-order valence-electron chi connectivity index (χ0n) is 17.1. The van der Waals surface area contributed by atoms with Gasteiger partial charge in [0, 0.05) is 29.2 Å². The first-order valence-electron chi connectivity index (χ1n) is 10.2. The molecule has 1 aromatic heterocycles. The van der Waals surface area contributed by atoms with E-state index in [1.807, 2.05) is 54.6 Å². The fraction of sp³-hybridized carbons (Fsp3) is 0.0357. The Labute approximate surface area is 196 Å². The molecule has 0 radical (unpaired) electrons. The quantitative estimate of drug-likeness (QED) is 0.252. The van der Waals surface area contributed by atoms with Gasteiger partial charge in [0.2, 0.25) is 0 Å². The average molecular weight is 453 g/mol. The smallest absolute Gasteiger partial charge is 0.0998 e. The third-order valence-electron chi connectivity index (χ3n) is 5.64. The molecule has 0 aliphatic carbocycles. The third-order valence-corrected chi connectivity index (χ3v) is 6.38. The fourth-order valence-corrected chi connectivity index (χ4v) is 4.37. The van der Waals surface area contributed by atoms with Gasteiger partial charge >= 0.3 is 0 Å². The van der Waals surface area contributed by atoms with Crippen LogP contribution in [0.25, 0.3) is 33.3 Å². The molecule has 0 saturated heterocycles. The first-order chi connectivity index (χ1) is 15.6. The monoisotopic (exact) mass is 452 g/mol. The van der Waals surface area contributed by atoms with Gasteiger partial charge < -0.3 is 4.57 Å². The Morgan fingerprint density at radius 2 is 1.62 bits per heavy atom. The molecular weight excluding hydrogens is 435 g/mol. The van der Waals surface area contributed by atoms with Crippen LogP contribution < -0.4 is 0 Å². The van der Waals surface area contributed by atoms with Crippen molar-refractivity contribution in [3.8, 4) is 6.07 Å². The molecule has 0 spiro atoms. The number of rotatable bonds is 4. The van der Waals surface area contributed by atoms with Crippen molar-refractivity contribution in [2.75, 3.05) is 0 Å². The summed E-state index contributed by atoms with van der Waals surface area (Å²) >= 11 is 12.3. The Morgan fingerprint density at radius 1 is 0.844 bits per heavy atom. The number of benzene rings is 4. The van der Waals surface area contributed by atoms with Gasteiger partial charge in [-0.15, -0.1) is 0 Å². The van der Waals surface area contributed by atoms with Crippen LogP contribution in [-0.4, -0.2) is 4.57 Å². The minimum Gasteiger partial charge on any atom is -0.342 e. The number of allylic oxidation sites excluding steroid dienone is 1. The zero-order valence-corrected chi connectivity index (χ0v) is 18.6. The number of nitriles is 1. The van der Waals surface area contributed by atoms with E-state index in [-0.39, 0.29) is 0 Å². The van der Waals surface area contributed by atoms with Crippen molar-refractivity contribution in [2.45, 2.75) is 6.54 Å². The van der Waals surface area contributed by atoms with E-state index in [9.17, 15) is 5.26 Å². The Hall–Kier alpha value is -3.51. The Bertz CT molecular complexity index is 1540. The Kier molecular flexibility index (Phi) is 5.45. The van der Waals surface area contributed by atoms with Crippen LogP contribution in [-0.2, 0) is 6.54 Å². The lowest BCUT2D eigenvalue weighted by Crippen LogP contribution is -1.97. The molecule has 2 nitrogen and oxygen atoms in total. The van der Waals surface area contributed by atoms with Gasteiger partial charge in [-0.25, -0.2) is 0 Å². The predicted octanol–water partition coefficient (Wildman–Crippen LogP) is 8.21. The second kappa shape index (κ2) is 8.55. The maximum Gasteiger partial charge on any atom is 0.0998 e. The summed E-state index contributed by atoms with van der Waals surface area (Å²) < 4.78 is 2.18. The van der Waals surface area contributed by atoms with Crippen molar-refractivity contribution >= 4 is 56.5 Å². The van der Waals surface area contributed by atoms with Crippen LogP contribution in [0.15, 0.2) is 91.1 Å². The SMILES string of the molecule is N#C/C(=C/c1cn(Cc2ccc(Cl)c(Cl)c2)c2ccccc12)c1ccc2ccccc2c1. The van der Waals surface area contributed by atoms with E-state index in [4.69, 9.17) is 23.2 Å². The molecular formula is C28H18Cl2N2. The lowest BCUT2D eigenvalue weighted by Gasteiger charge is -2.06. The lowest BCUT2D eigenvalue weighted by atomic mass is 10.00. The molecule has 5 rings (SSSR count). The Balaban J connectivity index is 1.59. The van der Waals surface area contributed by atoms with Crippen molar-refractivity contribution in [3.05, 3.63) is 118 Å². The molecule has 0 bridgehead atoms. The topological polar surface area (TPSA) is 28.7 Å². The molecule has 0 aliphatic rings. The van der Waals surface area contributed by atoms with Gasteiger partial charge in [-0.1, -0.05) is 83.9 Å². The number of halogens is 2. The maximum atomic E-state index is 9.93. The highest BCUT2D eigenvalue weighted by molar-refractivity contribution is 6.42. The first-order valence-corrected chi connectivity index (χ1v) is 11.0. The van der Waals surface area contributed by atoms with Gasteiger partial charge in [-0.2, -0.15) is 5.26 Å². The highest BCUT2D eigenvalue weighted by Gasteiger charge is 2.10. The predicted molar refractivity (Wildman–Crippen MR) is 135 cm³/mol. The molecule has 4 heteroatoms. The second-order valence-corrected chi connectivity index (χ2v) is 8.52. The summed E-state index contributed by atoms with van der Waals surface area (Å²) in [5, 5.41) is 14.4. The van der Waals surface area contributed by atoms with Crippen LogP contribution in [0.3, 0.4) is 0 Å². The molecule has 0 saturated carbocycles. The first kappa shape index (κ1) is 20.4. The van der Waals surface area contributed by atoms with Gasteiger partial charge in [0.1, 0.15) is 0 Å². The van der Waals surface area contributed by atoms with Crippen LogP contribution in [0.2, 0.25) is 10.0 Å². The molecule has 32 heavy (non-hydrogen) atoms. The summed E-state index contributed by atoms with van der Waals surface area (Å²) in [5.74, 6) is 0. The molecule has 0 fully saturated rings. The van der Waals surface area contributed by atoms with E-state index < -0.39 is 0 Å². The molecule has 0 N–H and O–H groups in total. The number of para-hydroxylation sites is 1.